The molecule has 86 valence electrons. The molecule has 0 saturated heterocycles. The summed E-state index contributed by atoms with van der Waals surface area (Å²) in [5.74, 6) is 1.01. The van der Waals surface area contributed by atoms with E-state index in [1.807, 2.05) is 0 Å². The standard InChI is InChI=1S/C12H22N2O/c1-9(2)13-7-10-11(15-8-14-10)6-12(3,4)5/h8-9,13H,6-7H2,1-5H3. The molecular formula is C12H22N2O. The van der Waals surface area contributed by atoms with Crippen LogP contribution in [0.2, 0.25) is 0 Å². The number of nitrogens with zero attached hydrogens (tertiary/aromatic N) is 1. The van der Waals surface area contributed by atoms with Gasteiger partial charge in [0.25, 0.3) is 0 Å². The van der Waals surface area contributed by atoms with Gasteiger partial charge in [0, 0.05) is 19.0 Å². The largest absolute Gasteiger partial charge is 0.448 e. The van der Waals surface area contributed by atoms with E-state index in [0.717, 1.165) is 24.4 Å². The predicted molar refractivity (Wildman–Crippen MR) is 61.6 cm³/mol. The third kappa shape index (κ3) is 4.47. The zero-order valence-electron chi connectivity index (χ0n) is 10.4. The second-order valence-corrected chi connectivity index (χ2v) is 5.50. The number of aromatic nitrogens is 1. The van der Waals surface area contributed by atoms with Crippen LogP contribution in [0.3, 0.4) is 0 Å². The van der Waals surface area contributed by atoms with Crippen LogP contribution in [0.4, 0.5) is 0 Å². The molecule has 0 aliphatic rings. The Labute approximate surface area is 92.3 Å². The smallest absolute Gasteiger partial charge is 0.181 e. The Morgan fingerprint density at radius 2 is 2.07 bits per heavy atom. The summed E-state index contributed by atoms with van der Waals surface area (Å²) in [5.41, 5.74) is 1.28. The topological polar surface area (TPSA) is 38.1 Å². The number of hydrogen-bond donors (Lipinski definition) is 1. The Bertz CT molecular complexity index is 297. The fourth-order valence-electron chi connectivity index (χ4n) is 1.36. The highest BCUT2D eigenvalue weighted by Crippen LogP contribution is 2.22. The molecule has 0 atom stereocenters. The number of rotatable bonds is 4. The summed E-state index contributed by atoms with van der Waals surface area (Å²) >= 11 is 0. The molecule has 15 heavy (non-hydrogen) atoms. The molecule has 1 N–H and O–H groups in total. The maximum absolute atomic E-state index is 5.42. The second kappa shape index (κ2) is 4.79. The lowest BCUT2D eigenvalue weighted by molar-refractivity contribution is 0.359. The van der Waals surface area contributed by atoms with Gasteiger partial charge in [-0.05, 0) is 5.41 Å². The van der Waals surface area contributed by atoms with E-state index < -0.39 is 0 Å². The van der Waals surface area contributed by atoms with Crippen molar-refractivity contribution < 1.29 is 4.42 Å². The van der Waals surface area contributed by atoms with Gasteiger partial charge in [0.1, 0.15) is 5.76 Å². The first-order valence-corrected chi connectivity index (χ1v) is 5.53. The Hall–Kier alpha value is -0.830. The van der Waals surface area contributed by atoms with Crippen LogP contribution in [0.5, 0.6) is 0 Å². The number of oxazole rings is 1. The van der Waals surface area contributed by atoms with Gasteiger partial charge in [0.05, 0.1) is 5.69 Å². The van der Waals surface area contributed by atoms with Crippen molar-refractivity contribution in [3.8, 4) is 0 Å². The first kappa shape index (κ1) is 12.2. The van der Waals surface area contributed by atoms with Crippen LogP contribution in [-0.2, 0) is 13.0 Å². The monoisotopic (exact) mass is 210 g/mol. The molecule has 0 radical (unpaired) electrons. The lowest BCUT2D eigenvalue weighted by atomic mass is 9.90. The molecule has 0 aromatic carbocycles. The highest BCUT2D eigenvalue weighted by Gasteiger charge is 2.17. The van der Waals surface area contributed by atoms with E-state index >= 15 is 0 Å². The van der Waals surface area contributed by atoms with Gasteiger partial charge in [-0.25, -0.2) is 4.98 Å². The van der Waals surface area contributed by atoms with Gasteiger partial charge in [-0.2, -0.15) is 0 Å². The normalized spacial score (nSPS) is 12.4. The van der Waals surface area contributed by atoms with Gasteiger partial charge in [0.15, 0.2) is 6.39 Å². The van der Waals surface area contributed by atoms with Crippen LogP contribution in [-0.4, -0.2) is 11.0 Å². The van der Waals surface area contributed by atoms with Crippen molar-refractivity contribution in [1.82, 2.24) is 10.3 Å². The molecule has 1 aromatic heterocycles. The highest BCUT2D eigenvalue weighted by atomic mass is 16.3. The highest BCUT2D eigenvalue weighted by molar-refractivity contribution is 5.08. The summed E-state index contributed by atoms with van der Waals surface area (Å²) in [6, 6.07) is 0.476. The first-order chi connectivity index (χ1) is 6.88. The van der Waals surface area contributed by atoms with E-state index in [-0.39, 0.29) is 5.41 Å². The van der Waals surface area contributed by atoms with E-state index in [9.17, 15) is 0 Å². The SMILES string of the molecule is CC(C)NCc1ncoc1CC(C)(C)C. The minimum atomic E-state index is 0.242. The van der Waals surface area contributed by atoms with E-state index in [2.05, 4.69) is 44.9 Å². The van der Waals surface area contributed by atoms with Crippen LogP contribution in [0.1, 0.15) is 46.1 Å². The number of nitrogens with one attached hydrogen (secondary N) is 1. The summed E-state index contributed by atoms with van der Waals surface area (Å²) in [7, 11) is 0. The summed E-state index contributed by atoms with van der Waals surface area (Å²) in [6.07, 6.45) is 2.47. The Balaban J connectivity index is 2.61. The van der Waals surface area contributed by atoms with Gasteiger partial charge in [-0.3, -0.25) is 0 Å². The molecule has 1 rings (SSSR count). The Kier molecular flexibility index (Phi) is 3.91. The maximum Gasteiger partial charge on any atom is 0.181 e. The quantitative estimate of drug-likeness (QED) is 0.830. The molecule has 0 aliphatic carbocycles. The molecule has 0 unspecified atom stereocenters. The molecule has 0 saturated carbocycles. The van der Waals surface area contributed by atoms with Crippen LogP contribution >= 0.6 is 0 Å². The molecule has 3 nitrogen and oxygen atoms in total. The minimum absolute atomic E-state index is 0.242. The average Bonchev–Trinajstić information content (AvgIpc) is 2.45. The van der Waals surface area contributed by atoms with Crippen molar-refractivity contribution >= 4 is 0 Å². The summed E-state index contributed by atoms with van der Waals surface area (Å²) < 4.78 is 5.42. The van der Waals surface area contributed by atoms with Gasteiger partial charge in [-0.15, -0.1) is 0 Å². The molecule has 0 amide bonds. The van der Waals surface area contributed by atoms with Crippen molar-refractivity contribution in [2.24, 2.45) is 5.41 Å². The number of hydrogen-bond acceptors (Lipinski definition) is 3. The average molecular weight is 210 g/mol. The molecule has 3 heteroatoms. The van der Waals surface area contributed by atoms with E-state index in [4.69, 9.17) is 4.42 Å². The van der Waals surface area contributed by atoms with Crippen molar-refractivity contribution in [3.05, 3.63) is 17.8 Å². The summed E-state index contributed by atoms with van der Waals surface area (Å²) in [6.45, 7) is 11.7. The molecule has 0 spiro atoms. The van der Waals surface area contributed by atoms with Crippen molar-refractivity contribution in [2.75, 3.05) is 0 Å². The molecule has 1 heterocycles. The molecule has 0 fully saturated rings. The van der Waals surface area contributed by atoms with Gasteiger partial charge < -0.3 is 9.73 Å². The van der Waals surface area contributed by atoms with E-state index in [1.165, 1.54) is 0 Å². The third-order valence-corrected chi connectivity index (χ3v) is 2.09. The molecule has 0 bridgehead atoms. The van der Waals surface area contributed by atoms with Gasteiger partial charge >= 0.3 is 0 Å². The van der Waals surface area contributed by atoms with Gasteiger partial charge in [0.2, 0.25) is 0 Å². The van der Waals surface area contributed by atoms with Crippen LogP contribution in [0.25, 0.3) is 0 Å². The second-order valence-electron chi connectivity index (χ2n) is 5.50. The fraction of sp³-hybridized carbons (Fsp3) is 0.750. The van der Waals surface area contributed by atoms with Crippen LogP contribution < -0.4 is 5.32 Å². The first-order valence-electron chi connectivity index (χ1n) is 5.53. The predicted octanol–water partition coefficient (Wildman–Crippen LogP) is 2.76. The lowest BCUT2D eigenvalue weighted by Crippen LogP contribution is -2.23. The van der Waals surface area contributed by atoms with Gasteiger partial charge in [-0.1, -0.05) is 34.6 Å². The lowest BCUT2D eigenvalue weighted by Gasteiger charge is -2.16. The minimum Gasteiger partial charge on any atom is -0.448 e. The Morgan fingerprint density at radius 3 is 2.60 bits per heavy atom. The van der Waals surface area contributed by atoms with E-state index in [1.54, 1.807) is 6.39 Å². The zero-order valence-corrected chi connectivity index (χ0v) is 10.4. The van der Waals surface area contributed by atoms with Crippen molar-refractivity contribution in [2.45, 2.75) is 53.6 Å². The van der Waals surface area contributed by atoms with Crippen molar-refractivity contribution in [1.29, 1.82) is 0 Å². The van der Waals surface area contributed by atoms with Crippen LogP contribution in [0, 0.1) is 5.41 Å². The third-order valence-electron chi connectivity index (χ3n) is 2.09. The molecule has 0 aliphatic heterocycles. The fourth-order valence-corrected chi connectivity index (χ4v) is 1.36. The van der Waals surface area contributed by atoms with Crippen molar-refractivity contribution in [3.63, 3.8) is 0 Å². The summed E-state index contributed by atoms with van der Waals surface area (Å²) in [5, 5.41) is 3.35. The van der Waals surface area contributed by atoms with E-state index in [0.29, 0.717) is 6.04 Å². The molecular weight excluding hydrogens is 188 g/mol. The molecule has 1 aromatic rings. The van der Waals surface area contributed by atoms with Crippen LogP contribution in [0.15, 0.2) is 10.8 Å². The zero-order chi connectivity index (χ0) is 11.5. The maximum atomic E-state index is 5.42. The summed E-state index contributed by atoms with van der Waals surface area (Å²) in [4.78, 5) is 4.24. The Morgan fingerprint density at radius 1 is 1.40 bits per heavy atom.